The smallest absolute Gasteiger partial charge is 0.170 e. The standard InChI is InChI=1S/C12H13N3S/c1-2-13-12(16)15-10-7-9-5-3-4-6-11(9)14-8-10/h3-8H,2H2,1H3,(H2,13,15,16). The van der Waals surface area contributed by atoms with Gasteiger partial charge < -0.3 is 10.6 Å². The van der Waals surface area contributed by atoms with Gasteiger partial charge in [-0.05, 0) is 31.3 Å². The number of hydrogen-bond acceptors (Lipinski definition) is 2. The lowest BCUT2D eigenvalue weighted by Gasteiger charge is -2.08. The number of thiocarbonyl (C=S) groups is 1. The second kappa shape index (κ2) is 4.90. The molecule has 0 aliphatic carbocycles. The second-order valence-corrected chi connectivity index (χ2v) is 3.81. The Morgan fingerprint density at radius 1 is 1.38 bits per heavy atom. The van der Waals surface area contributed by atoms with Crippen molar-refractivity contribution in [2.75, 3.05) is 11.9 Å². The van der Waals surface area contributed by atoms with Crippen molar-refractivity contribution in [3.63, 3.8) is 0 Å². The van der Waals surface area contributed by atoms with Crippen molar-refractivity contribution >= 4 is 33.9 Å². The fourth-order valence-electron chi connectivity index (χ4n) is 1.48. The lowest BCUT2D eigenvalue weighted by Crippen LogP contribution is -2.27. The number of hydrogen-bond donors (Lipinski definition) is 2. The van der Waals surface area contributed by atoms with Gasteiger partial charge in [-0.1, -0.05) is 18.2 Å². The van der Waals surface area contributed by atoms with E-state index in [1.807, 2.05) is 37.3 Å². The minimum atomic E-state index is 0.625. The molecular weight excluding hydrogens is 218 g/mol. The Kier molecular flexibility index (Phi) is 3.31. The zero-order valence-electron chi connectivity index (χ0n) is 9.03. The average Bonchev–Trinajstić information content (AvgIpc) is 2.29. The number of anilines is 1. The van der Waals surface area contributed by atoms with Crippen LogP contribution in [0.4, 0.5) is 5.69 Å². The first-order valence-electron chi connectivity index (χ1n) is 5.19. The highest BCUT2D eigenvalue weighted by atomic mass is 32.1. The van der Waals surface area contributed by atoms with E-state index in [0.717, 1.165) is 23.1 Å². The van der Waals surface area contributed by atoms with E-state index in [1.54, 1.807) is 6.20 Å². The van der Waals surface area contributed by atoms with Crippen molar-refractivity contribution in [2.24, 2.45) is 0 Å². The molecule has 0 amide bonds. The van der Waals surface area contributed by atoms with Gasteiger partial charge in [0, 0.05) is 11.9 Å². The van der Waals surface area contributed by atoms with Crippen LogP contribution in [0.15, 0.2) is 36.5 Å². The van der Waals surface area contributed by atoms with Crippen LogP contribution in [0.25, 0.3) is 10.9 Å². The molecule has 0 spiro atoms. The Bertz CT molecular complexity index is 510. The third-order valence-electron chi connectivity index (χ3n) is 2.19. The summed E-state index contributed by atoms with van der Waals surface area (Å²) in [5, 5.41) is 7.86. The Morgan fingerprint density at radius 2 is 2.19 bits per heavy atom. The number of nitrogens with one attached hydrogen (secondary N) is 2. The van der Waals surface area contributed by atoms with Gasteiger partial charge in [-0.15, -0.1) is 0 Å². The zero-order valence-corrected chi connectivity index (χ0v) is 9.84. The first kappa shape index (κ1) is 10.8. The third kappa shape index (κ3) is 2.46. The fourth-order valence-corrected chi connectivity index (χ4v) is 1.74. The lowest BCUT2D eigenvalue weighted by atomic mass is 10.2. The van der Waals surface area contributed by atoms with Crippen LogP contribution >= 0.6 is 12.2 Å². The van der Waals surface area contributed by atoms with E-state index >= 15 is 0 Å². The van der Waals surface area contributed by atoms with E-state index in [9.17, 15) is 0 Å². The Labute approximate surface area is 99.9 Å². The van der Waals surface area contributed by atoms with Crippen molar-refractivity contribution in [2.45, 2.75) is 6.92 Å². The van der Waals surface area contributed by atoms with Gasteiger partial charge in [-0.3, -0.25) is 4.98 Å². The highest BCUT2D eigenvalue weighted by molar-refractivity contribution is 7.80. The van der Waals surface area contributed by atoms with Crippen LogP contribution in [0.2, 0.25) is 0 Å². The lowest BCUT2D eigenvalue weighted by molar-refractivity contribution is 0.979. The van der Waals surface area contributed by atoms with E-state index in [2.05, 4.69) is 15.6 Å². The molecule has 0 saturated heterocycles. The summed E-state index contributed by atoms with van der Waals surface area (Å²) in [6, 6.07) is 10.0. The number of pyridine rings is 1. The molecule has 16 heavy (non-hydrogen) atoms. The topological polar surface area (TPSA) is 37.0 Å². The normalized spacial score (nSPS) is 10.1. The summed E-state index contributed by atoms with van der Waals surface area (Å²) >= 11 is 5.11. The zero-order chi connectivity index (χ0) is 11.4. The van der Waals surface area contributed by atoms with E-state index in [-0.39, 0.29) is 0 Å². The number of rotatable bonds is 2. The van der Waals surface area contributed by atoms with E-state index in [1.165, 1.54) is 0 Å². The van der Waals surface area contributed by atoms with Gasteiger partial charge in [0.05, 0.1) is 17.4 Å². The molecule has 2 N–H and O–H groups in total. The molecule has 2 aromatic rings. The summed E-state index contributed by atoms with van der Waals surface area (Å²) in [5.74, 6) is 0. The summed E-state index contributed by atoms with van der Waals surface area (Å²) in [7, 11) is 0. The molecule has 0 aliphatic rings. The molecule has 1 aromatic carbocycles. The van der Waals surface area contributed by atoms with Crippen LogP contribution in [-0.4, -0.2) is 16.6 Å². The van der Waals surface area contributed by atoms with Crippen molar-refractivity contribution in [3.8, 4) is 0 Å². The Balaban J connectivity index is 2.22. The van der Waals surface area contributed by atoms with Crippen LogP contribution in [0.1, 0.15) is 6.92 Å². The summed E-state index contributed by atoms with van der Waals surface area (Å²) in [4.78, 5) is 4.34. The van der Waals surface area contributed by atoms with E-state index < -0.39 is 0 Å². The van der Waals surface area contributed by atoms with Crippen LogP contribution in [-0.2, 0) is 0 Å². The number of nitrogens with zero attached hydrogens (tertiary/aromatic N) is 1. The third-order valence-corrected chi connectivity index (χ3v) is 2.43. The molecule has 0 radical (unpaired) electrons. The van der Waals surface area contributed by atoms with Gasteiger partial charge in [-0.2, -0.15) is 0 Å². The highest BCUT2D eigenvalue weighted by Gasteiger charge is 1.98. The van der Waals surface area contributed by atoms with Gasteiger partial charge >= 0.3 is 0 Å². The van der Waals surface area contributed by atoms with Crippen LogP contribution in [0.3, 0.4) is 0 Å². The molecule has 0 fully saturated rings. The molecule has 1 aromatic heterocycles. The largest absolute Gasteiger partial charge is 0.363 e. The fraction of sp³-hybridized carbons (Fsp3) is 0.167. The maximum absolute atomic E-state index is 5.11. The SMILES string of the molecule is CCNC(=S)Nc1cnc2ccccc2c1. The molecule has 0 saturated carbocycles. The Hall–Kier alpha value is -1.68. The minimum Gasteiger partial charge on any atom is -0.363 e. The minimum absolute atomic E-state index is 0.625. The predicted molar refractivity (Wildman–Crippen MR) is 71.6 cm³/mol. The maximum atomic E-state index is 5.11. The summed E-state index contributed by atoms with van der Waals surface area (Å²) in [5.41, 5.74) is 1.90. The monoisotopic (exact) mass is 231 g/mol. The molecule has 0 bridgehead atoms. The van der Waals surface area contributed by atoms with Crippen LogP contribution in [0.5, 0.6) is 0 Å². The molecule has 82 valence electrons. The second-order valence-electron chi connectivity index (χ2n) is 3.40. The van der Waals surface area contributed by atoms with Crippen molar-refractivity contribution in [1.82, 2.24) is 10.3 Å². The van der Waals surface area contributed by atoms with Crippen molar-refractivity contribution < 1.29 is 0 Å². The average molecular weight is 231 g/mol. The molecular formula is C12H13N3S. The molecule has 0 aliphatic heterocycles. The van der Waals surface area contributed by atoms with Crippen LogP contribution in [0, 0.1) is 0 Å². The molecule has 4 heteroatoms. The highest BCUT2D eigenvalue weighted by Crippen LogP contribution is 2.15. The van der Waals surface area contributed by atoms with Gasteiger partial charge in [0.15, 0.2) is 5.11 Å². The van der Waals surface area contributed by atoms with Crippen molar-refractivity contribution in [3.05, 3.63) is 36.5 Å². The molecule has 2 rings (SSSR count). The summed E-state index contributed by atoms with van der Waals surface area (Å²) in [6.07, 6.45) is 1.78. The molecule has 0 atom stereocenters. The van der Waals surface area contributed by atoms with Crippen molar-refractivity contribution in [1.29, 1.82) is 0 Å². The van der Waals surface area contributed by atoms with Gasteiger partial charge in [0.25, 0.3) is 0 Å². The number of benzene rings is 1. The first-order chi connectivity index (χ1) is 7.79. The molecule has 1 heterocycles. The molecule has 0 unspecified atom stereocenters. The number of fused-ring (bicyclic) bond motifs is 1. The Morgan fingerprint density at radius 3 is 3.00 bits per heavy atom. The number of para-hydroxylation sites is 1. The predicted octanol–water partition coefficient (Wildman–Crippen LogP) is 2.54. The maximum Gasteiger partial charge on any atom is 0.170 e. The van der Waals surface area contributed by atoms with Crippen LogP contribution < -0.4 is 10.6 Å². The summed E-state index contributed by atoms with van der Waals surface area (Å²) < 4.78 is 0. The van der Waals surface area contributed by atoms with E-state index in [4.69, 9.17) is 12.2 Å². The molecule has 3 nitrogen and oxygen atoms in total. The van der Waals surface area contributed by atoms with E-state index in [0.29, 0.717) is 5.11 Å². The van der Waals surface area contributed by atoms with Gasteiger partial charge in [0.2, 0.25) is 0 Å². The number of aromatic nitrogens is 1. The quantitative estimate of drug-likeness (QED) is 0.779. The first-order valence-corrected chi connectivity index (χ1v) is 5.60. The van der Waals surface area contributed by atoms with Gasteiger partial charge in [-0.25, -0.2) is 0 Å². The van der Waals surface area contributed by atoms with Gasteiger partial charge in [0.1, 0.15) is 0 Å². The summed E-state index contributed by atoms with van der Waals surface area (Å²) in [6.45, 7) is 2.82.